The molecule has 0 N–H and O–H groups in total. The topological polar surface area (TPSA) is 92.5 Å². The van der Waals surface area contributed by atoms with Crippen LogP contribution >= 0.6 is 0 Å². The van der Waals surface area contributed by atoms with E-state index in [1.165, 1.54) is 11.8 Å². The maximum atomic E-state index is 12.0. The van der Waals surface area contributed by atoms with Gasteiger partial charge in [0.15, 0.2) is 5.82 Å². The van der Waals surface area contributed by atoms with Crippen molar-refractivity contribution in [1.82, 2.24) is 14.8 Å². The van der Waals surface area contributed by atoms with Gasteiger partial charge in [-0.1, -0.05) is 18.2 Å². The second-order valence-corrected chi connectivity index (χ2v) is 4.65. The molecule has 0 radical (unpaired) electrons. The Kier molecular flexibility index (Phi) is 5.89. The molecule has 0 bridgehead atoms. The van der Waals surface area contributed by atoms with Crippen molar-refractivity contribution in [3.8, 4) is 17.4 Å². The van der Waals surface area contributed by atoms with E-state index in [-0.39, 0.29) is 19.2 Å². The molecule has 0 spiro atoms. The van der Waals surface area contributed by atoms with Gasteiger partial charge in [-0.15, -0.1) is 5.10 Å². The van der Waals surface area contributed by atoms with Crippen LogP contribution in [0.2, 0.25) is 0 Å². The first kappa shape index (κ1) is 17.5. The van der Waals surface area contributed by atoms with E-state index in [1.54, 1.807) is 38.1 Å². The van der Waals surface area contributed by atoms with Crippen LogP contribution in [-0.4, -0.2) is 47.0 Å². The molecule has 0 saturated heterocycles. The molecule has 1 aromatic carbocycles. The molecule has 2 rings (SSSR count). The van der Waals surface area contributed by atoms with Gasteiger partial charge in [0.2, 0.25) is 0 Å². The van der Waals surface area contributed by atoms with E-state index in [2.05, 4.69) is 10.1 Å². The molecule has 0 unspecified atom stereocenters. The Balaban J connectivity index is 2.48. The van der Waals surface area contributed by atoms with Gasteiger partial charge in [-0.2, -0.15) is 4.98 Å². The third-order valence-electron chi connectivity index (χ3n) is 3.08. The average Bonchev–Trinajstić information content (AvgIpc) is 2.97. The van der Waals surface area contributed by atoms with Gasteiger partial charge in [0.25, 0.3) is 0 Å². The van der Waals surface area contributed by atoms with E-state index in [0.717, 1.165) is 0 Å². The van der Waals surface area contributed by atoms with Gasteiger partial charge in [0.05, 0.1) is 25.9 Å². The van der Waals surface area contributed by atoms with Crippen LogP contribution in [0.4, 0.5) is 0 Å². The minimum Gasteiger partial charge on any atom is -0.465 e. The minimum absolute atomic E-state index is 0.122. The van der Waals surface area contributed by atoms with Gasteiger partial charge < -0.3 is 14.2 Å². The highest BCUT2D eigenvalue weighted by Gasteiger charge is 2.21. The normalized spacial score (nSPS) is 10.3. The highest BCUT2D eigenvalue weighted by atomic mass is 16.5. The molecule has 1 aromatic heterocycles. The number of hydrogen-bond donors (Lipinski definition) is 0. The first-order valence-corrected chi connectivity index (χ1v) is 7.51. The highest BCUT2D eigenvalue weighted by molar-refractivity contribution is 5.96. The first-order chi connectivity index (χ1) is 11.6. The zero-order valence-corrected chi connectivity index (χ0v) is 13.8. The standard InChI is InChI=1S/C16H19N3O5/c1-4-23-13(20)10-19-14(17-16(18-19)24-5-2)11-8-6-7-9-12(11)15(21)22-3/h6-9H,4-5,10H2,1-3H3. The molecule has 0 fully saturated rings. The molecule has 8 nitrogen and oxygen atoms in total. The zero-order valence-electron chi connectivity index (χ0n) is 13.8. The van der Waals surface area contributed by atoms with E-state index >= 15 is 0 Å². The van der Waals surface area contributed by atoms with Crippen LogP contribution < -0.4 is 4.74 Å². The fraction of sp³-hybridized carbons (Fsp3) is 0.375. The Bertz CT molecular complexity index is 726. The van der Waals surface area contributed by atoms with Crippen molar-refractivity contribution in [2.75, 3.05) is 20.3 Å². The average molecular weight is 333 g/mol. The first-order valence-electron chi connectivity index (χ1n) is 7.51. The smallest absolute Gasteiger partial charge is 0.338 e. The molecule has 0 saturated carbocycles. The van der Waals surface area contributed by atoms with Gasteiger partial charge in [0, 0.05) is 5.56 Å². The lowest BCUT2D eigenvalue weighted by atomic mass is 10.1. The van der Waals surface area contributed by atoms with Gasteiger partial charge in [0.1, 0.15) is 6.54 Å². The quantitative estimate of drug-likeness (QED) is 0.712. The molecule has 0 atom stereocenters. The predicted molar refractivity (Wildman–Crippen MR) is 84.6 cm³/mol. The molecule has 24 heavy (non-hydrogen) atoms. The lowest BCUT2D eigenvalue weighted by molar-refractivity contribution is -0.144. The van der Waals surface area contributed by atoms with Crippen LogP contribution in [0.3, 0.4) is 0 Å². The monoisotopic (exact) mass is 333 g/mol. The molecular formula is C16H19N3O5. The second kappa shape index (κ2) is 8.09. The lowest BCUT2D eigenvalue weighted by Gasteiger charge is -2.08. The minimum atomic E-state index is -0.505. The number of ether oxygens (including phenoxy) is 3. The van der Waals surface area contributed by atoms with E-state index in [1.807, 2.05) is 0 Å². The lowest BCUT2D eigenvalue weighted by Crippen LogP contribution is -2.16. The third-order valence-corrected chi connectivity index (χ3v) is 3.08. The van der Waals surface area contributed by atoms with E-state index in [9.17, 15) is 9.59 Å². The third kappa shape index (κ3) is 3.89. The Labute approximate surface area is 139 Å². The molecule has 8 heteroatoms. The van der Waals surface area contributed by atoms with Crippen LogP contribution in [0.15, 0.2) is 24.3 Å². The summed E-state index contributed by atoms with van der Waals surface area (Å²) < 4.78 is 16.4. The summed E-state index contributed by atoms with van der Waals surface area (Å²) in [6.45, 7) is 4.02. The number of rotatable bonds is 7. The fourth-order valence-corrected chi connectivity index (χ4v) is 2.12. The van der Waals surface area contributed by atoms with Crippen molar-refractivity contribution in [2.45, 2.75) is 20.4 Å². The highest BCUT2D eigenvalue weighted by Crippen LogP contribution is 2.24. The summed E-state index contributed by atoms with van der Waals surface area (Å²) in [5.41, 5.74) is 0.813. The Morgan fingerprint density at radius 2 is 1.92 bits per heavy atom. The van der Waals surface area contributed by atoms with Crippen molar-refractivity contribution in [3.05, 3.63) is 29.8 Å². The number of methoxy groups -OCH3 is 1. The van der Waals surface area contributed by atoms with Gasteiger partial charge >= 0.3 is 17.9 Å². The number of hydrogen-bond acceptors (Lipinski definition) is 7. The second-order valence-electron chi connectivity index (χ2n) is 4.65. The summed E-state index contributed by atoms with van der Waals surface area (Å²) in [4.78, 5) is 28.0. The molecule has 0 amide bonds. The molecule has 0 aliphatic carbocycles. The van der Waals surface area contributed by atoms with Crippen molar-refractivity contribution in [2.24, 2.45) is 0 Å². The summed E-state index contributed by atoms with van der Waals surface area (Å²) >= 11 is 0. The number of esters is 2. The van der Waals surface area contributed by atoms with Gasteiger partial charge in [-0.25, -0.2) is 9.48 Å². The number of nitrogens with zero attached hydrogens (tertiary/aromatic N) is 3. The molecule has 2 aromatic rings. The number of carbonyl (C=O) groups is 2. The molecule has 0 aliphatic heterocycles. The van der Waals surface area contributed by atoms with Crippen molar-refractivity contribution in [1.29, 1.82) is 0 Å². The van der Waals surface area contributed by atoms with E-state index in [4.69, 9.17) is 14.2 Å². The Morgan fingerprint density at radius 3 is 2.58 bits per heavy atom. The fourth-order valence-electron chi connectivity index (χ4n) is 2.12. The van der Waals surface area contributed by atoms with Crippen LogP contribution in [0.25, 0.3) is 11.4 Å². The maximum absolute atomic E-state index is 12.0. The Morgan fingerprint density at radius 1 is 1.17 bits per heavy atom. The number of carbonyl (C=O) groups excluding carboxylic acids is 2. The Hall–Kier alpha value is -2.90. The van der Waals surface area contributed by atoms with Crippen LogP contribution in [0.5, 0.6) is 6.01 Å². The summed E-state index contributed by atoms with van der Waals surface area (Å²) in [5, 5.41) is 4.16. The molecule has 128 valence electrons. The van der Waals surface area contributed by atoms with E-state index in [0.29, 0.717) is 23.6 Å². The van der Waals surface area contributed by atoms with Gasteiger partial charge in [-0.05, 0) is 19.9 Å². The summed E-state index contributed by atoms with van der Waals surface area (Å²) in [7, 11) is 1.30. The molecular weight excluding hydrogens is 314 g/mol. The van der Waals surface area contributed by atoms with Crippen molar-refractivity contribution >= 4 is 11.9 Å². The van der Waals surface area contributed by atoms with Crippen LogP contribution in [-0.2, 0) is 20.8 Å². The summed E-state index contributed by atoms with van der Waals surface area (Å²) in [6.07, 6.45) is 0. The molecule has 1 heterocycles. The largest absolute Gasteiger partial charge is 0.465 e. The zero-order chi connectivity index (χ0) is 17.5. The van der Waals surface area contributed by atoms with Crippen molar-refractivity contribution < 1.29 is 23.8 Å². The predicted octanol–water partition coefficient (Wildman–Crippen LogP) is 1.69. The summed E-state index contributed by atoms with van der Waals surface area (Å²) in [5.74, 6) is -0.635. The van der Waals surface area contributed by atoms with Crippen LogP contribution in [0.1, 0.15) is 24.2 Å². The molecule has 0 aliphatic rings. The SMILES string of the molecule is CCOC(=O)Cn1nc(OCC)nc1-c1ccccc1C(=O)OC. The maximum Gasteiger partial charge on any atom is 0.338 e. The van der Waals surface area contributed by atoms with Crippen LogP contribution in [0, 0.1) is 0 Å². The van der Waals surface area contributed by atoms with E-state index < -0.39 is 11.9 Å². The van der Waals surface area contributed by atoms with Gasteiger partial charge in [-0.3, -0.25) is 4.79 Å². The van der Waals surface area contributed by atoms with Crippen molar-refractivity contribution in [3.63, 3.8) is 0 Å². The number of benzene rings is 1. The number of aromatic nitrogens is 3. The summed E-state index contributed by atoms with van der Waals surface area (Å²) in [6, 6.07) is 6.91.